The quantitative estimate of drug-likeness (QED) is 0.768. The van der Waals surface area contributed by atoms with Crippen molar-refractivity contribution in [2.24, 2.45) is 0 Å². The van der Waals surface area contributed by atoms with Gasteiger partial charge in [-0.3, -0.25) is 4.79 Å². The fourth-order valence-electron chi connectivity index (χ4n) is 1.72. The number of hydrogen-bond acceptors (Lipinski definition) is 3. The van der Waals surface area contributed by atoms with Crippen LogP contribution >= 0.6 is 11.8 Å². The molecule has 0 N–H and O–H groups in total. The number of carbonyl (C=O) groups excluding carboxylic acids is 1. The first-order valence-electron chi connectivity index (χ1n) is 5.00. The summed E-state index contributed by atoms with van der Waals surface area (Å²) in [5.41, 5.74) is 0. The van der Waals surface area contributed by atoms with Crippen LogP contribution in [0.25, 0.3) is 0 Å². The summed E-state index contributed by atoms with van der Waals surface area (Å²) in [6.45, 7) is 0. The van der Waals surface area contributed by atoms with E-state index in [4.69, 9.17) is 4.42 Å². The molecule has 76 valence electrons. The first-order chi connectivity index (χ1) is 6.84. The Morgan fingerprint density at radius 3 is 3.21 bits per heavy atom. The van der Waals surface area contributed by atoms with E-state index >= 15 is 0 Å². The lowest BCUT2D eigenvalue weighted by Gasteiger charge is -2.19. The molecule has 0 radical (unpaired) electrons. The highest BCUT2D eigenvalue weighted by Crippen LogP contribution is 2.28. The maximum absolute atomic E-state index is 11.2. The van der Waals surface area contributed by atoms with Crippen LogP contribution in [0.15, 0.2) is 22.8 Å². The van der Waals surface area contributed by atoms with Crippen molar-refractivity contribution in [1.82, 2.24) is 0 Å². The maximum atomic E-state index is 11.2. The minimum atomic E-state index is 0.424. The van der Waals surface area contributed by atoms with Crippen molar-refractivity contribution in [3.8, 4) is 0 Å². The second kappa shape index (κ2) is 4.69. The van der Waals surface area contributed by atoms with E-state index in [2.05, 4.69) is 0 Å². The van der Waals surface area contributed by atoms with Crippen molar-refractivity contribution in [2.45, 2.75) is 36.7 Å². The summed E-state index contributed by atoms with van der Waals surface area (Å²) in [4.78, 5) is 11.2. The third-order valence-electron chi connectivity index (χ3n) is 2.48. The van der Waals surface area contributed by atoms with Gasteiger partial charge in [-0.2, -0.15) is 11.8 Å². The van der Waals surface area contributed by atoms with Crippen molar-refractivity contribution < 1.29 is 9.21 Å². The summed E-state index contributed by atoms with van der Waals surface area (Å²) in [6, 6.07) is 3.89. The molecule has 0 saturated heterocycles. The predicted molar refractivity (Wildman–Crippen MR) is 57.3 cm³/mol. The molecular formula is C11H14O2S. The average Bonchev–Trinajstić information content (AvgIpc) is 2.67. The van der Waals surface area contributed by atoms with E-state index in [-0.39, 0.29) is 0 Å². The van der Waals surface area contributed by atoms with E-state index in [1.807, 2.05) is 23.9 Å². The molecule has 1 fully saturated rings. The highest BCUT2D eigenvalue weighted by molar-refractivity contribution is 7.99. The Hall–Kier alpha value is -0.700. The van der Waals surface area contributed by atoms with Crippen LogP contribution in [0.5, 0.6) is 0 Å². The zero-order chi connectivity index (χ0) is 9.80. The second-order valence-corrected chi connectivity index (χ2v) is 4.94. The Bertz CT molecular complexity index is 292. The van der Waals surface area contributed by atoms with Crippen molar-refractivity contribution >= 4 is 17.5 Å². The normalized spacial score (nSPS) is 22.6. The summed E-state index contributed by atoms with van der Waals surface area (Å²) in [6.07, 6.45) is 5.48. The van der Waals surface area contributed by atoms with Gasteiger partial charge in [0, 0.05) is 18.1 Å². The number of carbonyl (C=O) groups is 1. The maximum Gasteiger partial charge on any atom is 0.134 e. The Labute approximate surface area is 88.1 Å². The lowest BCUT2D eigenvalue weighted by atomic mass is 9.99. The van der Waals surface area contributed by atoms with Gasteiger partial charge in [-0.05, 0) is 25.0 Å². The summed E-state index contributed by atoms with van der Waals surface area (Å²) in [5, 5.41) is 0.515. The Kier molecular flexibility index (Phi) is 3.30. The van der Waals surface area contributed by atoms with Gasteiger partial charge in [0.05, 0.1) is 12.0 Å². The molecule has 1 aromatic heterocycles. The molecule has 1 saturated carbocycles. The first kappa shape index (κ1) is 9.84. The van der Waals surface area contributed by atoms with E-state index in [1.54, 1.807) is 6.26 Å². The lowest BCUT2D eigenvalue weighted by molar-refractivity contribution is -0.120. The van der Waals surface area contributed by atoms with Crippen LogP contribution in [0.3, 0.4) is 0 Å². The standard InChI is InChI=1S/C11H14O2S/c12-9-3-1-5-11(7-9)14-8-10-4-2-6-13-10/h2,4,6,11H,1,3,5,7-8H2. The molecule has 1 aliphatic rings. The van der Waals surface area contributed by atoms with E-state index in [0.29, 0.717) is 11.0 Å². The lowest BCUT2D eigenvalue weighted by Crippen LogP contribution is -2.16. The Morgan fingerprint density at radius 1 is 1.57 bits per heavy atom. The number of Topliss-reactive ketones (excluding diaryl/α,β-unsaturated/α-hetero) is 1. The largest absolute Gasteiger partial charge is 0.468 e. The van der Waals surface area contributed by atoms with E-state index in [9.17, 15) is 4.79 Å². The van der Waals surface area contributed by atoms with Crippen molar-refractivity contribution in [3.63, 3.8) is 0 Å². The fraction of sp³-hybridized carbons (Fsp3) is 0.545. The van der Waals surface area contributed by atoms with Crippen LogP contribution in [0.2, 0.25) is 0 Å². The number of ketones is 1. The third kappa shape index (κ3) is 2.64. The first-order valence-corrected chi connectivity index (χ1v) is 6.05. The molecule has 1 atom stereocenters. The number of rotatable bonds is 3. The van der Waals surface area contributed by atoms with Crippen molar-refractivity contribution in [3.05, 3.63) is 24.2 Å². The van der Waals surface area contributed by atoms with Gasteiger partial charge in [0.2, 0.25) is 0 Å². The highest BCUT2D eigenvalue weighted by atomic mass is 32.2. The third-order valence-corrected chi connectivity index (χ3v) is 3.80. The molecular weight excluding hydrogens is 196 g/mol. The molecule has 0 amide bonds. The molecule has 2 rings (SSSR count). The van der Waals surface area contributed by atoms with Gasteiger partial charge in [-0.25, -0.2) is 0 Å². The summed E-state index contributed by atoms with van der Waals surface area (Å²) < 4.78 is 5.25. The molecule has 2 nitrogen and oxygen atoms in total. The van der Waals surface area contributed by atoms with Gasteiger partial charge in [-0.1, -0.05) is 0 Å². The van der Waals surface area contributed by atoms with E-state index in [1.165, 1.54) is 6.42 Å². The monoisotopic (exact) mass is 210 g/mol. The predicted octanol–water partition coefficient (Wildman–Crippen LogP) is 3.02. The SMILES string of the molecule is O=C1CCCC(SCc2ccco2)C1. The van der Waals surface area contributed by atoms with Crippen LogP contribution in [0, 0.1) is 0 Å². The van der Waals surface area contributed by atoms with Gasteiger partial charge >= 0.3 is 0 Å². The molecule has 1 unspecified atom stereocenters. The molecule has 14 heavy (non-hydrogen) atoms. The number of furan rings is 1. The van der Waals surface area contributed by atoms with Crippen LogP contribution in [0.4, 0.5) is 0 Å². The van der Waals surface area contributed by atoms with Gasteiger partial charge in [0.1, 0.15) is 11.5 Å². The van der Waals surface area contributed by atoms with Crippen LogP contribution < -0.4 is 0 Å². The zero-order valence-corrected chi connectivity index (χ0v) is 8.89. The molecule has 0 bridgehead atoms. The Morgan fingerprint density at radius 2 is 2.50 bits per heavy atom. The average molecular weight is 210 g/mol. The van der Waals surface area contributed by atoms with Gasteiger partial charge < -0.3 is 4.42 Å². The van der Waals surface area contributed by atoms with Crippen molar-refractivity contribution in [2.75, 3.05) is 0 Å². The molecule has 0 aromatic carbocycles. The zero-order valence-electron chi connectivity index (χ0n) is 8.07. The number of thioether (sulfide) groups is 1. The van der Waals surface area contributed by atoms with Gasteiger partial charge in [0.15, 0.2) is 0 Å². The minimum absolute atomic E-state index is 0.424. The summed E-state index contributed by atoms with van der Waals surface area (Å²) in [7, 11) is 0. The molecule has 0 spiro atoms. The fourth-order valence-corrected chi connectivity index (χ4v) is 2.92. The van der Waals surface area contributed by atoms with Crippen molar-refractivity contribution in [1.29, 1.82) is 0 Å². The molecule has 1 aromatic rings. The van der Waals surface area contributed by atoms with Crippen LogP contribution in [0.1, 0.15) is 31.4 Å². The molecule has 1 aliphatic carbocycles. The van der Waals surface area contributed by atoms with Gasteiger partial charge in [-0.15, -0.1) is 0 Å². The van der Waals surface area contributed by atoms with Crippen LogP contribution in [-0.2, 0) is 10.5 Å². The summed E-state index contributed by atoms with van der Waals surface area (Å²) >= 11 is 1.84. The summed E-state index contributed by atoms with van der Waals surface area (Å²) in [5.74, 6) is 2.33. The van der Waals surface area contributed by atoms with Gasteiger partial charge in [0.25, 0.3) is 0 Å². The highest BCUT2D eigenvalue weighted by Gasteiger charge is 2.19. The second-order valence-electron chi connectivity index (χ2n) is 3.65. The molecule has 0 aliphatic heterocycles. The number of hydrogen-bond donors (Lipinski definition) is 0. The topological polar surface area (TPSA) is 30.2 Å². The molecule has 1 heterocycles. The smallest absolute Gasteiger partial charge is 0.134 e. The molecule has 3 heteroatoms. The van der Waals surface area contributed by atoms with Crippen LogP contribution in [-0.4, -0.2) is 11.0 Å². The Balaban J connectivity index is 1.77. The van der Waals surface area contributed by atoms with E-state index in [0.717, 1.165) is 30.8 Å². The van der Waals surface area contributed by atoms with E-state index < -0.39 is 0 Å². The minimum Gasteiger partial charge on any atom is -0.468 e.